The number of esters is 1. The van der Waals surface area contributed by atoms with Crippen LogP contribution in [-0.2, 0) is 9.53 Å². The molecule has 0 spiro atoms. The lowest BCUT2D eigenvalue weighted by Crippen LogP contribution is -2.42. The number of methoxy groups -OCH3 is 1. The molecular formula is C11H12ClNO3. The van der Waals surface area contributed by atoms with Crippen molar-refractivity contribution in [3.05, 3.63) is 35.9 Å². The molecule has 0 aromatic heterocycles. The van der Waals surface area contributed by atoms with E-state index in [2.05, 4.69) is 10.1 Å². The number of benzene rings is 1. The number of ether oxygens (including phenoxy) is 1. The fourth-order valence-corrected chi connectivity index (χ4v) is 1.34. The van der Waals surface area contributed by atoms with Gasteiger partial charge in [-0.05, 0) is 12.1 Å². The maximum Gasteiger partial charge on any atom is 0.329 e. The Morgan fingerprint density at radius 3 is 2.50 bits per heavy atom. The van der Waals surface area contributed by atoms with Crippen molar-refractivity contribution in [1.29, 1.82) is 0 Å². The van der Waals surface area contributed by atoms with E-state index in [1.54, 1.807) is 30.3 Å². The van der Waals surface area contributed by atoms with E-state index in [4.69, 9.17) is 11.6 Å². The third-order valence-corrected chi connectivity index (χ3v) is 2.29. The Morgan fingerprint density at radius 2 is 2.00 bits per heavy atom. The number of carbonyl (C=O) groups is 2. The zero-order valence-electron chi connectivity index (χ0n) is 8.77. The average Bonchev–Trinajstić information content (AvgIpc) is 2.35. The molecule has 0 saturated heterocycles. The first kappa shape index (κ1) is 12.5. The second-order valence-electron chi connectivity index (χ2n) is 3.07. The first-order chi connectivity index (χ1) is 7.69. The molecule has 1 amide bonds. The Bertz CT molecular complexity index is 367. The highest BCUT2D eigenvalue weighted by Crippen LogP contribution is 2.00. The van der Waals surface area contributed by atoms with Gasteiger partial charge in [0.15, 0.2) is 0 Å². The highest BCUT2D eigenvalue weighted by Gasteiger charge is 2.20. The van der Waals surface area contributed by atoms with E-state index in [0.29, 0.717) is 5.56 Å². The Balaban J connectivity index is 2.66. The summed E-state index contributed by atoms with van der Waals surface area (Å²) in [4.78, 5) is 22.8. The van der Waals surface area contributed by atoms with Crippen LogP contribution in [0.1, 0.15) is 10.4 Å². The van der Waals surface area contributed by atoms with E-state index in [1.807, 2.05) is 0 Å². The van der Waals surface area contributed by atoms with Gasteiger partial charge in [0.1, 0.15) is 6.04 Å². The van der Waals surface area contributed by atoms with Gasteiger partial charge < -0.3 is 10.1 Å². The zero-order chi connectivity index (χ0) is 12.0. The van der Waals surface area contributed by atoms with Crippen molar-refractivity contribution in [3.8, 4) is 0 Å². The van der Waals surface area contributed by atoms with Crippen molar-refractivity contribution in [2.45, 2.75) is 6.04 Å². The second-order valence-corrected chi connectivity index (χ2v) is 3.38. The zero-order valence-corrected chi connectivity index (χ0v) is 9.53. The van der Waals surface area contributed by atoms with Crippen molar-refractivity contribution in [2.24, 2.45) is 0 Å². The monoisotopic (exact) mass is 241 g/mol. The molecule has 0 saturated carbocycles. The number of alkyl halides is 1. The molecule has 0 aliphatic carbocycles. The summed E-state index contributed by atoms with van der Waals surface area (Å²) in [6, 6.07) is 7.76. The lowest BCUT2D eigenvalue weighted by molar-refractivity contribution is -0.142. The number of carbonyl (C=O) groups excluding carboxylic acids is 2. The van der Waals surface area contributed by atoms with E-state index >= 15 is 0 Å². The van der Waals surface area contributed by atoms with E-state index in [9.17, 15) is 9.59 Å². The average molecular weight is 242 g/mol. The smallest absolute Gasteiger partial charge is 0.329 e. The summed E-state index contributed by atoms with van der Waals surface area (Å²) < 4.78 is 4.50. The molecule has 0 fully saturated rings. The van der Waals surface area contributed by atoms with Crippen LogP contribution in [0.25, 0.3) is 0 Å². The third-order valence-electron chi connectivity index (χ3n) is 1.98. The molecule has 0 bridgehead atoms. The molecule has 1 N–H and O–H groups in total. The predicted octanol–water partition coefficient (Wildman–Crippen LogP) is 1.20. The normalized spacial score (nSPS) is 11.6. The van der Waals surface area contributed by atoms with Crippen LogP contribution in [-0.4, -0.2) is 30.9 Å². The van der Waals surface area contributed by atoms with Gasteiger partial charge in [0.25, 0.3) is 5.91 Å². The van der Waals surface area contributed by atoms with Gasteiger partial charge >= 0.3 is 5.97 Å². The van der Waals surface area contributed by atoms with E-state index in [0.717, 1.165) is 0 Å². The fourth-order valence-electron chi connectivity index (χ4n) is 1.13. The molecule has 5 heteroatoms. The predicted molar refractivity (Wildman–Crippen MR) is 60.4 cm³/mol. The van der Waals surface area contributed by atoms with E-state index in [-0.39, 0.29) is 11.8 Å². The van der Waals surface area contributed by atoms with Gasteiger partial charge in [-0.25, -0.2) is 4.79 Å². The van der Waals surface area contributed by atoms with Gasteiger partial charge in [0.05, 0.1) is 13.0 Å². The summed E-state index contributed by atoms with van der Waals surface area (Å²) in [5, 5.41) is 2.49. The first-order valence-electron chi connectivity index (χ1n) is 4.68. The topological polar surface area (TPSA) is 55.4 Å². The van der Waals surface area contributed by atoms with E-state index in [1.165, 1.54) is 7.11 Å². The van der Waals surface area contributed by atoms with Gasteiger partial charge in [-0.1, -0.05) is 18.2 Å². The molecule has 0 radical (unpaired) electrons. The molecule has 16 heavy (non-hydrogen) atoms. The summed E-state index contributed by atoms with van der Waals surface area (Å²) in [6.45, 7) is 0. The minimum absolute atomic E-state index is 0.0226. The number of amides is 1. The van der Waals surface area contributed by atoms with Crippen molar-refractivity contribution < 1.29 is 14.3 Å². The van der Waals surface area contributed by atoms with Gasteiger partial charge in [-0.15, -0.1) is 11.6 Å². The molecule has 86 valence electrons. The summed E-state index contributed by atoms with van der Waals surface area (Å²) in [7, 11) is 1.25. The Morgan fingerprint density at radius 1 is 1.38 bits per heavy atom. The standard InChI is InChI=1S/C11H12ClNO3/c1-16-11(15)9(7-12)13-10(14)8-5-3-2-4-6-8/h2-6,9H,7H2,1H3,(H,13,14)/t9-/m1/s1. The maximum absolute atomic E-state index is 11.7. The summed E-state index contributed by atoms with van der Waals surface area (Å²) in [5.74, 6) is -0.929. The van der Waals surface area contributed by atoms with Gasteiger partial charge in [0.2, 0.25) is 0 Å². The highest BCUT2D eigenvalue weighted by atomic mass is 35.5. The minimum Gasteiger partial charge on any atom is -0.467 e. The summed E-state index contributed by atoms with van der Waals surface area (Å²) in [5.41, 5.74) is 0.474. The summed E-state index contributed by atoms with van der Waals surface area (Å²) >= 11 is 5.56. The molecule has 0 heterocycles. The van der Waals surface area contributed by atoms with Crippen LogP contribution < -0.4 is 5.32 Å². The van der Waals surface area contributed by atoms with E-state index < -0.39 is 12.0 Å². The van der Waals surface area contributed by atoms with Crippen LogP contribution in [0.3, 0.4) is 0 Å². The van der Waals surface area contributed by atoms with Crippen LogP contribution in [0.4, 0.5) is 0 Å². The van der Waals surface area contributed by atoms with Crippen LogP contribution in [0, 0.1) is 0 Å². The molecular weight excluding hydrogens is 230 g/mol. The van der Waals surface area contributed by atoms with Crippen molar-refractivity contribution >= 4 is 23.5 Å². The van der Waals surface area contributed by atoms with Crippen LogP contribution in [0.2, 0.25) is 0 Å². The third kappa shape index (κ3) is 3.24. The molecule has 1 aromatic rings. The Labute approximate surface area is 98.5 Å². The largest absolute Gasteiger partial charge is 0.467 e. The fraction of sp³-hybridized carbons (Fsp3) is 0.273. The number of rotatable bonds is 4. The molecule has 4 nitrogen and oxygen atoms in total. The van der Waals surface area contributed by atoms with Crippen molar-refractivity contribution in [2.75, 3.05) is 13.0 Å². The quantitative estimate of drug-likeness (QED) is 0.637. The lowest BCUT2D eigenvalue weighted by atomic mass is 10.2. The van der Waals surface area contributed by atoms with Crippen LogP contribution in [0.15, 0.2) is 30.3 Å². The number of hydrogen-bond acceptors (Lipinski definition) is 3. The maximum atomic E-state index is 11.7. The Kier molecular flexibility index (Phi) is 4.79. The number of halogens is 1. The van der Waals surface area contributed by atoms with Gasteiger partial charge in [0, 0.05) is 5.56 Å². The second kappa shape index (κ2) is 6.12. The van der Waals surface area contributed by atoms with Crippen molar-refractivity contribution in [3.63, 3.8) is 0 Å². The molecule has 0 unspecified atom stereocenters. The lowest BCUT2D eigenvalue weighted by Gasteiger charge is -2.13. The van der Waals surface area contributed by atoms with Gasteiger partial charge in [-0.3, -0.25) is 4.79 Å². The Hall–Kier alpha value is -1.55. The molecule has 0 aliphatic heterocycles. The number of nitrogens with one attached hydrogen (secondary N) is 1. The summed E-state index contributed by atoms with van der Waals surface area (Å²) in [6.07, 6.45) is 0. The molecule has 1 aromatic carbocycles. The van der Waals surface area contributed by atoms with Crippen LogP contribution in [0.5, 0.6) is 0 Å². The van der Waals surface area contributed by atoms with Crippen LogP contribution >= 0.6 is 11.6 Å². The SMILES string of the molecule is COC(=O)[C@@H](CCl)NC(=O)c1ccccc1. The highest BCUT2D eigenvalue weighted by molar-refractivity contribution is 6.20. The minimum atomic E-state index is -0.820. The molecule has 0 aliphatic rings. The molecule has 1 rings (SSSR count). The first-order valence-corrected chi connectivity index (χ1v) is 5.22. The van der Waals surface area contributed by atoms with Crippen molar-refractivity contribution in [1.82, 2.24) is 5.32 Å². The molecule has 1 atom stereocenters. The number of hydrogen-bond donors (Lipinski definition) is 1. The van der Waals surface area contributed by atoms with Gasteiger partial charge in [-0.2, -0.15) is 0 Å².